The van der Waals surface area contributed by atoms with Crippen molar-refractivity contribution in [1.29, 1.82) is 0 Å². The highest BCUT2D eigenvalue weighted by Crippen LogP contribution is 2.46. The van der Waals surface area contributed by atoms with Gasteiger partial charge in [-0.25, -0.2) is 0 Å². The maximum Gasteiger partial charge on any atom is 0.116 e. The first-order chi connectivity index (χ1) is 8.63. The molecule has 92 valence electrons. The highest BCUT2D eigenvalue weighted by atomic mass is 32.2. The summed E-state index contributed by atoms with van der Waals surface area (Å²) in [4.78, 5) is 4.32. The minimum absolute atomic E-state index is 0.301. The van der Waals surface area contributed by atoms with Crippen molar-refractivity contribution in [2.24, 2.45) is 0 Å². The Labute approximate surface area is 110 Å². The number of hydrogen-bond acceptors (Lipinski definition) is 4. The van der Waals surface area contributed by atoms with Crippen LogP contribution in [0.25, 0.3) is 0 Å². The summed E-state index contributed by atoms with van der Waals surface area (Å²) in [6.45, 7) is 0. The van der Waals surface area contributed by atoms with Gasteiger partial charge in [-0.05, 0) is 36.4 Å². The van der Waals surface area contributed by atoms with Crippen LogP contribution < -0.4 is 10.2 Å². The summed E-state index contributed by atoms with van der Waals surface area (Å²) < 4.78 is 0. The van der Waals surface area contributed by atoms with E-state index in [1.165, 1.54) is 10.6 Å². The Morgan fingerprint density at radius 1 is 1.00 bits per heavy atom. The normalized spacial score (nSPS) is 12.3. The lowest BCUT2D eigenvalue weighted by atomic mass is 10.2. The smallest absolute Gasteiger partial charge is 0.116 e. The van der Waals surface area contributed by atoms with Crippen LogP contribution in [0, 0.1) is 0 Å². The SMILES string of the molecule is CN(C)c1ccc2c(c1)Sc1cc(O)ccc1N2. The molecule has 4 heteroatoms. The molecule has 2 N–H and O–H groups in total. The molecule has 0 unspecified atom stereocenters. The summed E-state index contributed by atoms with van der Waals surface area (Å²) in [5.74, 6) is 0.301. The van der Waals surface area contributed by atoms with Gasteiger partial charge in [-0.15, -0.1) is 0 Å². The number of rotatable bonds is 1. The second-order valence-electron chi connectivity index (χ2n) is 4.48. The van der Waals surface area contributed by atoms with Crippen molar-refractivity contribution in [2.45, 2.75) is 9.79 Å². The lowest BCUT2D eigenvalue weighted by molar-refractivity contribution is 0.474. The Balaban J connectivity index is 2.03. The number of fused-ring (bicyclic) bond motifs is 2. The topological polar surface area (TPSA) is 35.5 Å². The second-order valence-corrected chi connectivity index (χ2v) is 5.57. The average Bonchev–Trinajstić information content (AvgIpc) is 2.35. The Bertz CT molecular complexity index is 611. The fraction of sp³-hybridized carbons (Fsp3) is 0.143. The molecule has 18 heavy (non-hydrogen) atoms. The van der Waals surface area contributed by atoms with E-state index < -0.39 is 0 Å². The molecule has 2 aromatic rings. The van der Waals surface area contributed by atoms with Gasteiger partial charge in [-0.1, -0.05) is 11.8 Å². The Morgan fingerprint density at radius 3 is 2.39 bits per heavy atom. The fourth-order valence-corrected chi connectivity index (χ4v) is 2.99. The molecule has 0 fully saturated rings. The van der Waals surface area contributed by atoms with Crippen LogP contribution >= 0.6 is 11.8 Å². The lowest BCUT2D eigenvalue weighted by Crippen LogP contribution is -2.09. The third-order valence-corrected chi connectivity index (χ3v) is 4.05. The van der Waals surface area contributed by atoms with E-state index >= 15 is 0 Å². The molecule has 1 aliphatic rings. The Hall–Kier alpha value is -1.81. The van der Waals surface area contributed by atoms with E-state index in [-0.39, 0.29) is 0 Å². The van der Waals surface area contributed by atoms with Crippen LogP contribution in [0.5, 0.6) is 5.75 Å². The molecule has 0 aliphatic carbocycles. The van der Waals surface area contributed by atoms with Crippen molar-refractivity contribution in [3.63, 3.8) is 0 Å². The largest absolute Gasteiger partial charge is 0.508 e. The first kappa shape index (κ1) is 11.3. The fourth-order valence-electron chi connectivity index (χ4n) is 1.94. The number of hydrogen-bond donors (Lipinski definition) is 2. The molecule has 0 atom stereocenters. The average molecular weight is 258 g/mol. The van der Waals surface area contributed by atoms with Crippen molar-refractivity contribution in [3.8, 4) is 5.75 Å². The van der Waals surface area contributed by atoms with Crippen molar-refractivity contribution in [1.82, 2.24) is 0 Å². The molecule has 0 saturated heterocycles. The zero-order valence-corrected chi connectivity index (χ0v) is 11.1. The minimum atomic E-state index is 0.301. The van der Waals surface area contributed by atoms with Crippen LogP contribution in [0.3, 0.4) is 0 Å². The van der Waals surface area contributed by atoms with Gasteiger partial charge in [0.1, 0.15) is 5.75 Å². The van der Waals surface area contributed by atoms with E-state index in [1.807, 2.05) is 20.2 Å². The standard InChI is InChI=1S/C14H14N2OS/c1-16(2)9-3-5-11-13(7-9)18-14-8-10(17)4-6-12(14)15-11/h3-8,15,17H,1-2H3. The van der Waals surface area contributed by atoms with Crippen LogP contribution in [0.4, 0.5) is 17.1 Å². The minimum Gasteiger partial charge on any atom is -0.508 e. The Kier molecular flexibility index (Phi) is 2.59. The van der Waals surface area contributed by atoms with Crippen molar-refractivity contribution in [2.75, 3.05) is 24.3 Å². The second kappa shape index (κ2) is 4.14. The molecular formula is C14H14N2OS. The van der Waals surface area contributed by atoms with Crippen molar-refractivity contribution < 1.29 is 5.11 Å². The molecule has 0 aromatic heterocycles. The number of anilines is 3. The van der Waals surface area contributed by atoms with Gasteiger partial charge in [0.15, 0.2) is 0 Å². The maximum absolute atomic E-state index is 9.53. The quantitative estimate of drug-likeness (QED) is 0.653. The number of phenolic OH excluding ortho intramolecular Hbond substituents is 1. The number of phenols is 1. The molecule has 1 aliphatic heterocycles. The number of aromatic hydroxyl groups is 1. The molecular weight excluding hydrogens is 244 g/mol. The van der Waals surface area contributed by atoms with E-state index in [2.05, 4.69) is 28.4 Å². The summed E-state index contributed by atoms with van der Waals surface area (Å²) in [7, 11) is 4.06. The van der Waals surface area contributed by atoms with Crippen molar-refractivity contribution in [3.05, 3.63) is 36.4 Å². The molecule has 1 heterocycles. The summed E-state index contributed by atoms with van der Waals surface area (Å²) in [6.07, 6.45) is 0. The molecule has 0 spiro atoms. The van der Waals surface area contributed by atoms with Gasteiger partial charge >= 0.3 is 0 Å². The molecule has 3 rings (SSSR count). The number of nitrogens with zero attached hydrogens (tertiary/aromatic N) is 1. The first-order valence-corrected chi connectivity index (χ1v) is 6.54. The summed E-state index contributed by atoms with van der Waals surface area (Å²) in [5.41, 5.74) is 3.33. The molecule has 3 nitrogen and oxygen atoms in total. The van der Waals surface area contributed by atoms with Gasteiger partial charge in [-0.2, -0.15) is 0 Å². The van der Waals surface area contributed by atoms with E-state index in [9.17, 15) is 5.11 Å². The molecule has 0 saturated carbocycles. The van der Waals surface area contributed by atoms with Crippen LogP contribution in [0.1, 0.15) is 0 Å². The van der Waals surface area contributed by atoms with Crippen molar-refractivity contribution >= 4 is 28.8 Å². The predicted octanol–water partition coefficient (Wildman–Crippen LogP) is 3.67. The van der Waals surface area contributed by atoms with Crippen LogP contribution in [-0.4, -0.2) is 19.2 Å². The highest BCUT2D eigenvalue weighted by Gasteiger charge is 2.16. The van der Waals surface area contributed by atoms with Gasteiger partial charge in [0.2, 0.25) is 0 Å². The molecule has 0 amide bonds. The van der Waals surface area contributed by atoms with E-state index in [0.29, 0.717) is 5.75 Å². The van der Waals surface area contributed by atoms with Gasteiger partial charge in [0.05, 0.1) is 11.4 Å². The Morgan fingerprint density at radius 2 is 1.67 bits per heavy atom. The monoisotopic (exact) mass is 258 g/mol. The van der Waals surface area contributed by atoms with E-state index in [1.54, 1.807) is 23.9 Å². The maximum atomic E-state index is 9.53. The van der Waals surface area contributed by atoms with E-state index in [0.717, 1.165) is 16.3 Å². The third-order valence-electron chi connectivity index (χ3n) is 2.94. The zero-order chi connectivity index (χ0) is 12.7. The van der Waals surface area contributed by atoms with Gasteiger partial charge in [0.25, 0.3) is 0 Å². The van der Waals surface area contributed by atoms with Crippen LogP contribution in [0.2, 0.25) is 0 Å². The number of benzene rings is 2. The summed E-state index contributed by atoms with van der Waals surface area (Å²) in [6, 6.07) is 11.7. The summed E-state index contributed by atoms with van der Waals surface area (Å²) in [5, 5.41) is 12.9. The number of nitrogens with one attached hydrogen (secondary N) is 1. The van der Waals surface area contributed by atoms with Crippen LogP contribution in [0.15, 0.2) is 46.2 Å². The molecule has 0 bridgehead atoms. The third kappa shape index (κ3) is 1.88. The molecule has 0 radical (unpaired) electrons. The summed E-state index contributed by atoms with van der Waals surface area (Å²) >= 11 is 1.68. The van der Waals surface area contributed by atoms with Crippen LogP contribution in [-0.2, 0) is 0 Å². The highest BCUT2D eigenvalue weighted by molar-refractivity contribution is 7.99. The van der Waals surface area contributed by atoms with Gasteiger partial charge in [0, 0.05) is 29.6 Å². The zero-order valence-electron chi connectivity index (χ0n) is 10.3. The first-order valence-electron chi connectivity index (χ1n) is 5.73. The lowest BCUT2D eigenvalue weighted by Gasteiger charge is -2.23. The van der Waals surface area contributed by atoms with Gasteiger partial charge < -0.3 is 15.3 Å². The van der Waals surface area contributed by atoms with Gasteiger partial charge in [-0.3, -0.25) is 0 Å². The predicted molar refractivity (Wildman–Crippen MR) is 76.3 cm³/mol. The molecule has 2 aromatic carbocycles. The van der Waals surface area contributed by atoms with E-state index in [4.69, 9.17) is 0 Å².